The molecule has 26 heavy (non-hydrogen) atoms. The first kappa shape index (κ1) is 20.6. The predicted molar refractivity (Wildman–Crippen MR) is 100.0 cm³/mol. The molecular formula is C19H17F3O2S2. The molecule has 0 bridgehead atoms. The van der Waals surface area contributed by atoms with Crippen molar-refractivity contribution >= 4 is 34.4 Å². The molecule has 0 aliphatic carbocycles. The van der Waals surface area contributed by atoms with Gasteiger partial charge in [0.2, 0.25) is 5.12 Å². The molecule has 0 saturated heterocycles. The van der Waals surface area contributed by atoms with Gasteiger partial charge in [0.25, 0.3) is 0 Å². The molecule has 1 unspecified atom stereocenters. The maximum atomic E-state index is 13.5. The molecule has 1 atom stereocenters. The van der Waals surface area contributed by atoms with Crippen molar-refractivity contribution in [2.24, 2.45) is 0 Å². The highest BCUT2D eigenvalue weighted by atomic mass is 32.2. The van der Waals surface area contributed by atoms with Crippen molar-refractivity contribution in [3.05, 3.63) is 64.7 Å². The van der Waals surface area contributed by atoms with E-state index in [1.54, 1.807) is 18.4 Å². The predicted octanol–water partition coefficient (Wildman–Crippen LogP) is 5.59. The number of benzene rings is 2. The van der Waals surface area contributed by atoms with Gasteiger partial charge < -0.3 is 0 Å². The lowest BCUT2D eigenvalue weighted by molar-refractivity contribution is -0.138. The minimum Gasteiger partial charge on any atom is -0.293 e. The summed E-state index contributed by atoms with van der Waals surface area (Å²) in [4.78, 5) is 25.9. The lowest BCUT2D eigenvalue weighted by Crippen LogP contribution is -2.24. The SMILES string of the molecule is CSC(=O)C(C(=O)c1ccc(C)cc1)c1cc(SC)ccc1C(F)(F)F. The highest BCUT2D eigenvalue weighted by molar-refractivity contribution is 8.13. The smallest absolute Gasteiger partial charge is 0.293 e. The molecule has 0 N–H and O–H groups in total. The summed E-state index contributed by atoms with van der Waals surface area (Å²) in [7, 11) is 0. The summed E-state index contributed by atoms with van der Waals surface area (Å²) in [5.74, 6) is -2.13. The van der Waals surface area contributed by atoms with Gasteiger partial charge in [0.1, 0.15) is 5.92 Å². The topological polar surface area (TPSA) is 34.1 Å². The van der Waals surface area contributed by atoms with E-state index in [-0.39, 0.29) is 11.1 Å². The highest BCUT2D eigenvalue weighted by Crippen LogP contribution is 2.39. The fraction of sp³-hybridized carbons (Fsp3) is 0.263. The molecule has 2 rings (SSSR count). The molecule has 2 aromatic carbocycles. The van der Waals surface area contributed by atoms with E-state index in [2.05, 4.69) is 0 Å². The first-order valence-corrected chi connectivity index (χ1v) is 10.1. The van der Waals surface area contributed by atoms with E-state index in [4.69, 9.17) is 0 Å². The maximum Gasteiger partial charge on any atom is 0.416 e. The first-order chi connectivity index (χ1) is 12.2. The van der Waals surface area contributed by atoms with Crippen LogP contribution in [-0.2, 0) is 11.0 Å². The third-order valence-electron chi connectivity index (χ3n) is 3.91. The molecule has 0 aliphatic rings. The fourth-order valence-corrected chi connectivity index (χ4v) is 3.46. The molecule has 0 saturated carbocycles. The van der Waals surface area contributed by atoms with Gasteiger partial charge >= 0.3 is 6.18 Å². The molecule has 0 amide bonds. The van der Waals surface area contributed by atoms with Gasteiger partial charge in [-0.2, -0.15) is 13.2 Å². The molecular weight excluding hydrogens is 381 g/mol. The van der Waals surface area contributed by atoms with Crippen molar-refractivity contribution in [2.45, 2.75) is 23.9 Å². The monoisotopic (exact) mass is 398 g/mol. The van der Waals surface area contributed by atoms with Crippen molar-refractivity contribution in [2.75, 3.05) is 12.5 Å². The standard InChI is InChI=1S/C19H17F3O2S2/c1-11-4-6-12(7-5-11)17(23)16(18(24)26-3)14-10-13(25-2)8-9-15(14)19(20,21)22/h4-10,16H,1-3H3. The third kappa shape index (κ3) is 4.51. The van der Waals surface area contributed by atoms with Crippen LogP contribution in [-0.4, -0.2) is 23.4 Å². The molecule has 0 heterocycles. The van der Waals surface area contributed by atoms with Crippen LogP contribution < -0.4 is 0 Å². The highest BCUT2D eigenvalue weighted by Gasteiger charge is 2.39. The van der Waals surface area contributed by atoms with Gasteiger partial charge in [0.15, 0.2) is 5.78 Å². The Hall–Kier alpha value is -1.73. The summed E-state index contributed by atoms with van der Waals surface area (Å²) in [6.07, 6.45) is -1.47. The van der Waals surface area contributed by atoms with Crippen LogP contribution >= 0.6 is 23.5 Å². The van der Waals surface area contributed by atoms with Crippen molar-refractivity contribution in [3.63, 3.8) is 0 Å². The minimum absolute atomic E-state index is 0.214. The van der Waals surface area contributed by atoms with E-state index in [9.17, 15) is 22.8 Å². The number of thioether (sulfide) groups is 2. The van der Waals surface area contributed by atoms with Crippen LogP contribution in [0.5, 0.6) is 0 Å². The van der Waals surface area contributed by atoms with Gasteiger partial charge in [0.05, 0.1) is 5.56 Å². The van der Waals surface area contributed by atoms with Crippen LogP contribution in [0.2, 0.25) is 0 Å². The number of ketones is 1. The second kappa shape index (κ2) is 8.31. The van der Waals surface area contributed by atoms with E-state index < -0.39 is 28.6 Å². The Balaban J connectivity index is 2.65. The molecule has 0 fully saturated rings. The Kier molecular flexibility index (Phi) is 6.58. The Morgan fingerprint density at radius 3 is 2.12 bits per heavy atom. The number of halogens is 3. The largest absolute Gasteiger partial charge is 0.416 e. The normalized spacial score (nSPS) is 12.7. The first-order valence-electron chi connectivity index (χ1n) is 7.63. The van der Waals surface area contributed by atoms with Crippen LogP contribution in [0.25, 0.3) is 0 Å². The zero-order valence-corrected chi connectivity index (χ0v) is 16.0. The van der Waals surface area contributed by atoms with Gasteiger partial charge in [-0.25, -0.2) is 0 Å². The van der Waals surface area contributed by atoms with Gasteiger partial charge in [-0.3, -0.25) is 9.59 Å². The van der Waals surface area contributed by atoms with Crippen LogP contribution in [0.3, 0.4) is 0 Å². The van der Waals surface area contributed by atoms with Crippen LogP contribution in [0.4, 0.5) is 13.2 Å². The van der Waals surface area contributed by atoms with Gasteiger partial charge in [-0.05, 0) is 43.2 Å². The Bertz CT molecular complexity index is 815. The minimum atomic E-state index is -4.66. The molecule has 2 nitrogen and oxygen atoms in total. The number of aryl methyl sites for hydroxylation is 1. The van der Waals surface area contributed by atoms with E-state index in [1.165, 1.54) is 42.3 Å². The summed E-state index contributed by atoms with van der Waals surface area (Å²) in [5, 5.41) is -0.612. The van der Waals surface area contributed by atoms with Crippen molar-refractivity contribution in [1.29, 1.82) is 0 Å². The fourth-order valence-electron chi connectivity index (χ4n) is 2.54. The molecule has 0 radical (unpaired) electrons. The summed E-state index contributed by atoms with van der Waals surface area (Å²) in [6.45, 7) is 1.84. The molecule has 0 aromatic heterocycles. The second-order valence-electron chi connectivity index (χ2n) is 5.64. The Morgan fingerprint density at radius 1 is 1.00 bits per heavy atom. The van der Waals surface area contributed by atoms with E-state index in [0.29, 0.717) is 4.90 Å². The number of carbonyl (C=O) groups excluding carboxylic acids is 2. The number of hydrogen-bond donors (Lipinski definition) is 0. The zero-order chi connectivity index (χ0) is 19.5. The number of Topliss-reactive ketones (excluding diaryl/α,β-unsaturated/α-hetero) is 1. The number of carbonyl (C=O) groups is 2. The third-order valence-corrected chi connectivity index (χ3v) is 5.27. The maximum absolute atomic E-state index is 13.5. The van der Waals surface area contributed by atoms with Crippen molar-refractivity contribution in [1.82, 2.24) is 0 Å². The Morgan fingerprint density at radius 2 is 1.62 bits per heavy atom. The molecule has 2 aromatic rings. The van der Waals surface area contributed by atoms with Gasteiger partial charge in [-0.1, -0.05) is 41.6 Å². The summed E-state index contributed by atoms with van der Waals surface area (Å²) < 4.78 is 40.5. The summed E-state index contributed by atoms with van der Waals surface area (Å²) in [6, 6.07) is 10.0. The zero-order valence-electron chi connectivity index (χ0n) is 14.4. The average molecular weight is 398 g/mol. The lowest BCUT2D eigenvalue weighted by atomic mass is 9.88. The van der Waals surface area contributed by atoms with Gasteiger partial charge in [0, 0.05) is 10.5 Å². The summed E-state index contributed by atoms with van der Waals surface area (Å²) in [5.41, 5.74) is -0.127. The van der Waals surface area contributed by atoms with Crippen LogP contribution in [0, 0.1) is 6.92 Å². The Labute approximate surface area is 158 Å². The van der Waals surface area contributed by atoms with Crippen LogP contribution in [0.1, 0.15) is 33.0 Å². The van der Waals surface area contributed by atoms with E-state index >= 15 is 0 Å². The average Bonchev–Trinajstić information content (AvgIpc) is 2.61. The van der Waals surface area contributed by atoms with Gasteiger partial charge in [-0.15, -0.1) is 11.8 Å². The number of hydrogen-bond acceptors (Lipinski definition) is 4. The molecule has 7 heteroatoms. The van der Waals surface area contributed by atoms with Crippen molar-refractivity contribution < 1.29 is 22.8 Å². The summed E-state index contributed by atoms with van der Waals surface area (Å²) >= 11 is 2.00. The number of rotatable bonds is 5. The van der Waals surface area contributed by atoms with Crippen LogP contribution in [0.15, 0.2) is 47.4 Å². The molecule has 0 aliphatic heterocycles. The quantitative estimate of drug-likeness (QED) is 0.373. The lowest BCUT2D eigenvalue weighted by Gasteiger charge is -2.20. The second-order valence-corrected chi connectivity index (χ2v) is 7.33. The molecule has 138 valence electrons. The molecule has 0 spiro atoms. The number of alkyl halides is 3. The van der Waals surface area contributed by atoms with Crippen molar-refractivity contribution in [3.8, 4) is 0 Å². The van der Waals surface area contributed by atoms with E-state index in [1.807, 2.05) is 6.92 Å². The van der Waals surface area contributed by atoms with E-state index in [0.717, 1.165) is 23.4 Å².